The predicted octanol–water partition coefficient (Wildman–Crippen LogP) is 3.18. The van der Waals surface area contributed by atoms with Gasteiger partial charge in [0.25, 0.3) is 5.69 Å². The lowest BCUT2D eigenvalue weighted by Gasteiger charge is -2.06. The van der Waals surface area contributed by atoms with Crippen molar-refractivity contribution in [2.45, 2.75) is 0 Å². The lowest BCUT2D eigenvalue weighted by Crippen LogP contribution is -2.17. The SMILES string of the molecule is O=C(COc1ccc([N+](=O)[O-])cc1)Oc1ccc(I)cc1. The number of nitro benzene ring substituents is 1. The molecule has 0 aliphatic rings. The zero-order valence-corrected chi connectivity index (χ0v) is 12.8. The summed E-state index contributed by atoms with van der Waals surface area (Å²) in [5, 5.41) is 10.5. The Morgan fingerprint density at radius 3 is 2.19 bits per heavy atom. The van der Waals surface area contributed by atoms with E-state index in [-0.39, 0.29) is 12.3 Å². The van der Waals surface area contributed by atoms with Crippen molar-refractivity contribution in [1.29, 1.82) is 0 Å². The van der Waals surface area contributed by atoms with Crippen molar-refractivity contribution < 1.29 is 19.2 Å². The highest BCUT2D eigenvalue weighted by molar-refractivity contribution is 14.1. The molecule has 2 aromatic carbocycles. The first-order valence-electron chi connectivity index (χ1n) is 5.88. The Morgan fingerprint density at radius 1 is 1.05 bits per heavy atom. The number of carbonyl (C=O) groups excluding carboxylic acids is 1. The van der Waals surface area contributed by atoms with Crippen molar-refractivity contribution in [3.8, 4) is 11.5 Å². The topological polar surface area (TPSA) is 78.7 Å². The summed E-state index contributed by atoms with van der Waals surface area (Å²) in [6, 6.07) is 12.5. The van der Waals surface area contributed by atoms with Gasteiger partial charge in [-0.1, -0.05) is 0 Å². The van der Waals surface area contributed by atoms with Crippen LogP contribution in [0.25, 0.3) is 0 Å². The second-order valence-electron chi connectivity index (χ2n) is 3.97. The van der Waals surface area contributed by atoms with E-state index in [0.717, 1.165) is 3.57 Å². The second kappa shape index (κ2) is 7.02. The monoisotopic (exact) mass is 399 g/mol. The van der Waals surface area contributed by atoms with Gasteiger partial charge in [-0.15, -0.1) is 0 Å². The van der Waals surface area contributed by atoms with E-state index in [0.29, 0.717) is 11.5 Å². The molecule has 0 aromatic heterocycles. The Bertz CT molecular complexity index is 639. The summed E-state index contributed by atoms with van der Waals surface area (Å²) in [5.74, 6) is 0.252. The first kappa shape index (κ1) is 15.2. The number of rotatable bonds is 5. The molecular formula is C14H10INO5. The second-order valence-corrected chi connectivity index (χ2v) is 5.21. The van der Waals surface area contributed by atoms with E-state index < -0.39 is 10.9 Å². The Balaban J connectivity index is 1.86. The van der Waals surface area contributed by atoms with Gasteiger partial charge in [0.15, 0.2) is 6.61 Å². The number of carbonyl (C=O) groups is 1. The highest BCUT2D eigenvalue weighted by atomic mass is 127. The molecule has 0 unspecified atom stereocenters. The first-order valence-corrected chi connectivity index (χ1v) is 6.96. The van der Waals surface area contributed by atoms with Crippen LogP contribution in [0.1, 0.15) is 0 Å². The molecule has 0 aliphatic carbocycles. The molecule has 0 atom stereocenters. The van der Waals surface area contributed by atoms with Gasteiger partial charge in [-0.05, 0) is 59.0 Å². The van der Waals surface area contributed by atoms with Crippen molar-refractivity contribution in [3.63, 3.8) is 0 Å². The number of hydrogen-bond donors (Lipinski definition) is 0. The molecule has 0 spiro atoms. The van der Waals surface area contributed by atoms with Crippen LogP contribution < -0.4 is 9.47 Å². The Hall–Kier alpha value is -2.16. The van der Waals surface area contributed by atoms with E-state index in [1.807, 2.05) is 12.1 Å². The van der Waals surface area contributed by atoms with Gasteiger partial charge in [0.1, 0.15) is 11.5 Å². The van der Waals surface area contributed by atoms with Crippen LogP contribution in [0.4, 0.5) is 5.69 Å². The summed E-state index contributed by atoms with van der Waals surface area (Å²) in [7, 11) is 0. The summed E-state index contributed by atoms with van der Waals surface area (Å²) < 4.78 is 11.3. The number of benzene rings is 2. The van der Waals surface area contributed by atoms with Gasteiger partial charge in [-0.2, -0.15) is 0 Å². The van der Waals surface area contributed by atoms with Gasteiger partial charge in [-0.3, -0.25) is 10.1 Å². The molecule has 0 fully saturated rings. The Labute approximate surface area is 134 Å². The minimum absolute atomic E-state index is 0.0381. The van der Waals surface area contributed by atoms with Gasteiger partial charge < -0.3 is 9.47 Å². The third-order valence-electron chi connectivity index (χ3n) is 2.45. The summed E-state index contributed by atoms with van der Waals surface area (Å²) >= 11 is 2.15. The van der Waals surface area contributed by atoms with Gasteiger partial charge in [0, 0.05) is 15.7 Å². The standard InChI is InChI=1S/C14H10INO5/c15-10-1-5-13(6-2-10)21-14(17)9-20-12-7-3-11(4-8-12)16(18)19/h1-8H,9H2. The lowest BCUT2D eigenvalue weighted by atomic mass is 10.3. The van der Waals surface area contributed by atoms with Crippen LogP contribution in [0.3, 0.4) is 0 Å². The largest absolute Gasteiger partial charge is 0.482 e. The molecule has 21 heavy (non-hydrogen) atoms. The molecule has 0 saturated carbocycles. The summed E-state index contributed by atoms with van der Waals surface area (Å²) in [6.45, 7) is -0.274. The zero-order chi connectivity index (χ0) is 15.2. The molecule has 0 aliphatic heterocycles. The Morgan fingerprint density at radius 2 is 1.62 bits per heavy atom. The zero-order valence-electron chi connectivity index (χ0n) is 10.7. The van der Waals surface area contributed by atoms with E-state index in [1.165, 1.54) is 24.3 Å². The number of ether oxygens (including phenoxy) is 2. The third-order valence-corrected chi connectivity index (χ3v) is 3.17. The molecule has 0 amide bonds. The Kier molecular flexibility index (Phi) is 5.09. The van der Waals surface area contributed by atoms with Crippen LogP contribution in [-0.4, -0.2) is 17.5 Å². The molecule has 0 radical (unpaired) electrons. The lowest BCUT2D eigenvalue weighted by molar-refractivity contribution is -0.384. The molecule has 0 saturated heterocycles. The van der Waals surface area contributed by atoms with Gasteiger partial charge in [0.05, 0.1) is 4.92 Å². The molecule has 0 N–H and O–H groups in total. The van der Waals surface area contributed by atoms with Crippen LogP contribution in [0.2, 0.25) is 0 Å². The average Bonchev–Trinajstić information content (AvgIpc) is 2.48. The maximum atomic E-state index is 11.6. The van der Waals surface area contributed by atoms with Crippen molar-refractivity contribution >= 4 is 34.2 Å². The normalized spacial score (nSPS) is 9.95. The van der Waals surface area contributed by atoms with E-state index >= 15 is 0 Å². The fourth-order valence-corrected chi connectivity index (χ4v) is 1.83. The highest BCUT2D eigenvalue weighted by Crippen LogP contribution is 2.17. The minimum Gasteiger partial charge on any atom is -0.482 e. The quantitative estimate of drug-likeness (QED) is 0.254. The molecule has 0 heterocycles. The van der Waals surface area contributed by atoms with Crippen molar-refractivity contribution in [2.24, 2.45) is 0 Å². The summed E-state index contributed by atoms with van der Waals surface area (Å²) in [4.78, 5) is 21.6. The molecule has 108 valence electrons. The van der Waals surface area contributed by atoms with E-state index in [9.17, 15) is 14.9 Å². The smallest absolute Gasteiger partial charge is 0.349 e. The molecule has 2 rings (SSSR count). The van der Waals surface area contributed by atoms with Crippen LogP contribution in [-0.2, 0) is 4.79 Å². The first-order chi connectivity index (χ1) is 10.0. The van der Waals surface area contributed by atoms with Crippen molar-refractivity contribution in [2.75, 3.05) is 6.61 Å². The summed E-state index contributed by atoms with van der Waals surface area (Å²) in [6.07, 6.45) is 0. The van der Waals surface area contributed by atoms with Crippen LogP contribution >= 0.6 is 22.6 Å². The third kappa shape index (κ3) is 4.71. The van der Waals surface area contributed by atoms with Crippen molar-refractivity contribution in [3.05, 3.63) is 62.2 Å². The fourth-order valence-electron chi connectivity index (χ4n) is 1.47. The van der Waals surface area contributed by atoms with Crippen molar-refractivity contribution in [1.82, 2.24) is 0 Å². The van der Waals surface area contributed by atoms with E-state index in [2.05, 4.69) is 22.6 Å². The summed E-state index contributed by atoms with van der Waals surface area (Å²) in [5.41, 5.74) is -0.0381. The maximum absolute atomic E-state index is 11.6. The number of halogens is 1. The molecule has 6 nitrogen and oxygen atoms in total. The number of non-ortho nitro benzene ring substituents is 1. The molecule has 0 bridgehead atoms. The van der Waals surface area contributed by atoms with Gasteiger partial charge >= 0.3 is 5.97 Å². The van der Waals surface area contributed by atoms with E-state index in [1.54, 1.807) is 12.1 Å². The average molecular weight is 399 g/mol. The predicted molar refractivity (Wildman–Crippen MR) is 83.4 cm³/mol. The van der Waals surface area contributed by atoms with Crippen LogP contribution in [0, 0.1) is 13.7 Å². The fraction of sp³-hybridized carbons (Fsp3) is 0.0714. The number of nitrogens with zero attached hydrogens (tertiary/aromatic N) is 1. The van der Waals surface area contributed by atoms with Crippen LogP contribution in [0.15, 0.2) is 48.5 Å². The number of hydrogen-bond acceptors (Lipinski definition) is 5. The van der Waals surface area contributed by atoms with Gasteiger partial charge in [-0.25, -0.2) is 4.79 Å². The maximum Gasteiger partial charge on any atom is 0.349 e. The van der Waals surface area contributed by atoms with E-state index in [4.69, 9.17) is 9.47 Å². The minimum atomic E-state index is -0.547. The van der Waals surface area contributed by atoms with Gasteiger partial charge in [0.2, 0.25) is 0 Å². The number of esters is 1. The van der Waals surface area contributed by atoms with Crippen LogP contribution in [0.5, 0.6) is 11.5 Å². The molecule has 2 aromatic rings. The molecular weight excluding hydrogens is 389 g/mol. The highest BCUT2D eigenvalue weighted by Gasteiger charge is 2.08. The number of nitro groups is 1. The molecule has 7 heteroatoms.